The first-order chi connectivity index (χ1) is 18.7. The van der Waals surface area contributed by atoms with Crippen LogP contribution in [0.25, 0.3) is 10.9 Å². The molecule has 0 spiro atoms. The van der Waals surface area contributed by atoms with E-state index in [1.54, 1.807) is 0 Å². The van der Waals surface area contributed by atoms with Gasteiger partial charge in [0.05, 0.1) is 24.1 Å². The van der Waals surface area contributed by atoms with Crippen LogP contribution in [-0.4, -0.2) is 82.9 Å². The second-order valence-corrected chi connectivity index (χ2v) is 9.49. The maximum Gasteiger partial charge on any atom is 0.347 e. The van der Waals surface area contributed by atoms with Crippen molar-refractivity contribution in [3.05, 3.63) is 39.0 Å². The summed E-state index contributed by atoms with van der Waals surface area (Å²) in [5.41, 5.74) is -1.55. The molecule has 0 amide bonds. The van der Waals surface area contributed by atoms with E-state index in [1.165, 1.54) is 12.1 Å². The molecule has 3 aromatic rings. The van der Waals surface area contributed by atoms with E-state index in [0.29, 0.717) is 4.47 Å². The number of benzene rings is 2. The highest BCUT2D eigenvalue weighted by Crippen LogP contribution is 2.52. The Balaban J connectivity index is 0.00000216. The summed E-state index contributed by atoms with van der Waals surface area (Å²) in [5, 5.41) is 73.5. The highest BCUT2D eigenvalue weighted by Gasteiger charge is 2.44. The van der Waals surface area contributed by atoms with E-state index in [4.69, 9.17) is 9.47 Å². The summed E-state index contributed by atoms with van der Waals surface area (Å²) in [6, 6.07) is 4.00. The summed E-state index contributed by atoms with van der Waals surface area (Å²) in [4.78, 5) is 19.1. The van der Waals surface area contributed by atoms with Crippen molar-refractivity contribution >= 4 is 38.3 Å². The van der Waals surface area contributed by atoms with Crippen LogP contribution in [0.4, 0.5) is 15.9 Å². The lowest BCUT2D eigenvalue weighted by molar-refractivity contribution is -0.402. The fourth-order valence-corrected chi connectivity index (χ4v) is 4.54. The van der Waals surface area contributed by atoms with Crippen LogP contribution in [0.1, 0.15) is 26.7 Å². The highest BCUT2D eigenvalue weighted by atomic mass is 79.9. The molecule has 1 aromatic heterocycles. The number of phenolic OH excluding ortho intramolecular Hbond substituents is 2. The Bertz CT molecular complexity index is 1420. The topological polar surface area (TPSA) is 221 Å². The number of hydrogen-bond acceptors (Lipinski definition) is 13. The van der Waals surface area contributed by atoms with Gasteiger partial charge in [0.1, 0.15) is 17.2 Å². The number of piperidine rings is 1. The zero-order chi connectivity index (χ0) is 30.0. The molecule has 16 heteroatoms. The van der Waals surface area contributed by atoms with Gasteiger partial charge in [-0.1, -0.05) is 29.8 Å². The maximum absolute atomic E-state index is 14.4. The minimum atomic E-state index is -3.09. The highest BCUT2D eigenvalue weighted by molar-refractivity contribution is 9.10. The molecule has 0 saturated carbocycles. The molecule has 0 unspecified atom stereocenters. The first-order valence-electron chi connectivity index (χ1n) is 12.1. The van der Waals surface area contributed by atoms with Crippen molar-refractivity contribution in [2.24, 2.45) is 5.92 Å². The normalized spacial score (nSPS) is 14.9. The molecule has 2 aromatic carbocycles. The molecule has 4 rings (SSSR count). The number of aromatic nitrogens is 2. The van der Waals surface area contributed by atoms with E-state index in [2.05, 4.69) is 31.2 Å². The van der Waals surface area contributed by atoms with Gasteiger partial charge < -0.3 is 55.5 Å². The van der Waals surface area contributed by atoms with Gasteiger partial charge in [-0.15, -0.1) is 0 Å². The largest absolute Gasteiger partial charge is 0.504 e. The standard InChI is InChI=1S/C22H24BrFN4O10.C2H6/c1-37-17-15(29)13-14(26-20(31)27-19(13)25-12-3-2-10(23)8-11(12)24)16(30)18(17)38-21(32,33)9-4-6-28(7-5-9)22(34,35)36;1-2/h2-3,8-9,29-30,32-36H,4-7H2,1H3,(H2,25,26,27,31);1-2H3. The van der Waals surface area contributed by atoms with Crippen molar-refractivity contribution < 1.29 is 49.6 Å². The van der Waals surface area contributed by atoms with Crippen LogP contribution in [0, 0.1) is 11.7 Å². The third-order valence-electron chi connectivity index (χ3n) is 6.13. The van der Waals surface area contributed by atoms with Crippen molar-refractivity contribution in [1.82, 2.24) is 14.9 Å². The van der Waals surface area contributed by atoms with Crippen LogP contribution in [0.2, 0.25) is 0 Å². The molecule has 0 radical (unpaired) electrons. The Kier molecular flexibility index (Phi) is 9.46. The quantitative estimate of drug-likeness (QED) is 0.133. The fraction of sp³-hybridized carbons (Fsp3) is 0.417. The monoisotopic (exact) mass is 632 g/mol. The summed E-state index contributed by atoms with van der Waals surface area (Å²) < 4.78 is 25.3. The molecule has 1 aliphatic rings. The van der Waals surface area contributed by atoms with Crippen molar-refractivity contribution in [3.8, 4) is 23.0 Å². The fourth-order valence-electron chi connectivity index (χ4n) is 4.21. The third kappa shape index (κ3) is 6.38. The van der Waals surface area contributed by atoms with Crippen molar-refractivity contribution in [2.75, 3.05) is 25.5 Å². The molecule has 40 heavy (non-hydrogen) atoms. The summed E-state index contributed by atoms with van der Waals surface area (Å²) in [7, 11) is 1.09. The van der Waals surface area contributed by atoms with Gasteiger partial charge in [-0.2, -0.15) is 4.98 Å². The number of nitrogens with one attached hydrogen (secondary N) is 2. The second-order valence-electron chi connectivity index (χ2n) is 8.57. The average Bonchev–Trinajstić information content (AvgIpc) is 2.89. The Labute approximate surface area is 235 Å². The Hall–Kier alpha value is -3.25. The molecule has 1 saturated heterocycles. The third-order valence-corrected chi connectivity index (χ3v) is 6.63. The molecule has 1 fully saturated rings. The van der Waals surface area contributed by atoms with Crippen LogP contribution in [0.5, 0.6) is 23.0 Å². The number of anilines is 2. The molecular weight excluding hydrogens is 603 g/mol. The number of methoxy groups -OCH3 is 1. The number of halogens is 2. The number of H-pyrrole nitrogens is 1. The number of ether oxygens (including phenoxy) is 2. The Morgan fingerprint density at radius 3 is 2.27 bits per heavy atom. The van der Waals surface area contributed by atoms with Gasteiger partial charge in [0, 0.05) is 17.6 Å². The molecule has 0 aliphatic carbocycles. The number of phenols is 2. The first-order valence-corrected chi connectivity index (χ1v) is 12.9. The predicted molar refractivity (Wildman–Crippen MR) is 142 cm³/mol. The van der Waals surface area contributed by atoms with Gasteiger partial charge >= 0.3 is 17.8 Å². The lowest BCUT2D eigenvalue weighted by Gasteiger charge is -2.40. The number of nitrogens with zero attached hydrogens (tertiary/aromatic N) is 2. The average molecular weight is 633 g/mol. The van der Waals surface area contributed by atoms with E-state index in [-0.39, 0.29) is 42.8 Å². The van der Waals surface area contributed by atoms with Crippen LogP contribution in [-0.2, 0) is 0 Å². The smallest absolute Gasteiger partial charge is 0.347 e. The van der Waals surface area contributed by atoms with E-state index in [0.717, 1.165) is 18.1 Å². The zero-order valence-corrected chi connectivity index (χ0v) is 23.2. The van der Waals surface area contributed by atoms with Crippen LogP contribution >= 0.6 is 15.9 Å². The summed E-state index contributed by atoms with van der Waals surface area (Å²) in [5.74, 6) is -8.01. The Morgan fingerprint density at radius 2 is 1.73 bits per heavy atom. The van der Waals surface area contributed by atoms with E-state index >= 15 is 0 Å². The number of aromatic hydroxyl groups is 2. The number of likely N-dealkylation sites (tertiary alicyclic amines) is 1. The van der Waals surface area contributed by atoms with Gasteiger partial charge in [0.15, 0.2) is 11.5 Å². The van der Waals surface area contributed by atoms with Gasteiger partial charge in [-0.3, -0.25) is 0 Å². The van der Waals surface area contributed by atoms with Gasteiger partial charge in [-0.25, -0.2) is 14.1 Å². The molecular formula is C24H30BrFN4O10. The lowest BCUT2D eigenvalue weighted by Crippen LogP contribution is -2.55. The van der Waals surface area contributed by atoms with Crippen molar-refractivity contribution in [3.63, 3.8) is 0 Å². The number of aliphatic hydroxyl groups is 5. The molecule has 14 nitrogen and oxygen atoms in total. The summed E-state index contributed by atoms with van der Waals surface area (Å²) in [6.07, 6.45) is -3.27. The summed E-state index contributed by atoms with van der Waals surface area (Å²) in [6.45, 7) is 3.68. The number of aromatic amines is 1. The zero-order valence-electron chi connectivity index (χ0n) is 21.6. The Morgan fingerprint density at radius 1 is 1.10 bits per heavy atom. The van der Waals surface area contributed by atoms with Crippen LogP contribution in [0.3, 0.4) is 0 Å². The number of fused-ring (bicyclic) bond motifs is 1. The SMILES string of the molecule is CC.COc1c(OC(O)(O)C2CCN(C(O)(O)O)CC2)c(O)c2[nH]c(=O)nc(Nc3ccc(Br)cc3F)c2c1O. The number of hydrogen-bond donors (Lipinski definition) is 9. The van der Waals surface area contributed by atoms with E-state index in [1.807, 2.05) is 13.8 Å². The van der Waals surface area contributed by atoms with Crippen molar-refractivity contribution in [1.29, 1.82) is 0 Å². The minimum absolute atomic E-state index is 0.0906. The van der Waals surface area contributed by atoms with Gasteiger partial charge in [0.2, 0.25) is 11.5 Å². The van der Waals surface area contributed by atoms with E-state index in [9.17, 15) is 44.9 Å². The minimum Gasteiger partial charge on any atom is -0.504 e. The van der Waals surface area contributed by atoms with Gasteiger partial charge in [0.25, 0.3) is 0 Å². The molecule has 0 bridgehead atoms. The van der Waals surface area contributed by atoms with Crippen LogP contribution < -0.4 is 20.5 Å². The molecule has 1 aliphatic heterocycles. The molecule has 9 N–H and O–H groups in total. The van der Waals surface area contributed by atoms with E-state index < -0.39 is 58.0 Å². The molecule has 220 valence electrons. The summed E-state index contributed by atoms with van der Waals surface area (Å²) >= 11 is 3.13. The molecule has 0 atom stereocenters. The number of rotatable bonds is 7. The maximum atomic E-state index is 14.4. The lowest BCUT2D eigenvalue weighted by atomic mass is 9.94. The first kappa shape index (κ1) is 31.3. The second kappa shape index (κ2) is 12.1. The van der Waals surface area contributed by atoms with Crippen LogP contribution in [0.15, 0.2) is 27.5 Å². The van der Waals surface area contributed by atoms with Crippen molar-refractivity contribution in [2.45, 2.75) is 38.8 Å². The molecule has 2 heterocycles. The van der Waals surface area contributed by atoms with Gasteiger partial charge in [-0.05, 0) is 31.0 Å². The predicted octanol–water partition coefficient (Wildman–Crippen LogP) is 1.33.